The Kier molecular flexibility index (Phi) is 5.77. The Hall–Kier alpha value is -2.91. The fourth-order valence-electron chi connectivity index (χ4n) is 2.72. The second kappa shape index (κ2) is 8.62. The van der Waals surface area contributed by atoms with Crippen LogP contribution in [0.1, 0.15) is 16.1 Å². The number of benzene rings is 2. The Morgan fingerprint density at radius 1 is 1.07 bits per heavy atom. The highest BCUT2D eigenvalue weighted by Crippen LogP contribution is 2.38. The number of rotatable bonds is 5. The third-order valence-electron chi connectivity index (χ3n) is 4.06. The molecule has 1 aliphatic rings. The van der Waals surface area contributed by atoms with E-state index in [0.29, 0.717) is 51.3 Å². The average molecular weight is 474 g/mol. The van der Waals surface area contributed by atoms with Crippen molar-refractivity contribution in [1.82, 2.24) is 4.98 Å². The number of hydrogen-bond donors (Lipinski definition) is 2. The van der Waals surface area contributed by atoms with Crippen LogP contribution in [-0.4, -0.2) is 30.0 Å². The maximum Gasteiger partial charge on any atom is 0.257 e. The number of aromatic nitrogens is 1. The molecule has 0 saturated heterocycles. The largest absolute Gasteiger partial charge is 0.486 e. The smallest absolute Gasteiger partial charge is 0.257 e. The van der Waals surface area contributed by atoms with Gasteiger partial charge in [0.25, 0.3) is 5.91 Å². The number of carbonyl (C=O) groups excluding carboxylic acids is 2. The molecule has 148 valence electrons. The number of halogens is 1. The maximum absolute atomic E-state index is 12.4. The fourth-order valence-corrected chi connectivity index (χ4v) is 3.85. The second-order valence-corrected chi connectivity index (χ2v) is 7.88. The molecular weight excluding hydrogens is 458 g/mol. The first-order chi connectivity index (χ1) is 14.1. The molecule has 0 saturated carbocycles. The first-order valence-electron chi connectivity index (χ1n) is 8.78. The van der Waals surface area contributed by atoms with Gasteiger partial charge in [-0.2, -0.15) is 0 Å². The van der Waals surface area contributed by atoms with Crippen molar-refractivity contribution in [1.29, 1.82) is 0 Å². The first kappa shape index (κ1) is 19.4. The zero-order valence-electron chi connectivity index (χ0n) is 15.1. The molecule has 3 aromatic rings. The van der Waals surface area contributed by atoms with Crippen LogP contribution in [0, 0.1) is 0 Å². The van der Waals surface area contributed by atoms with Crippen LogP contribution in [0.3, 0.4) is 0 Å². The van der Waals surface area contributed by atoms with Crippen LogP contribution >= 0.6 is 27.3 Å². The summed E-state index contributed by atoms with van der Waals surface area (Å²) in [7, 11) is 0. The van der Waals surface area contributed by atoms with Gasteiger partial charge in [-0.05, 0) is 28.1 Å². The van der Waals surface area contributed by atoms with Crippen LogP contribution in [-0.2, 0) is 11.2 Å². The van der Waals surface area contributed by atoms with Crippen molar-refractivity contribution in [3.8, 4) is 11.5 Å². The lowest BCUT2D eigenvalue weighted by atomic mass is 10.2. The van der Waals surface area contributed by atoms with E-state index in [1.807, 2.05) is 6.07 Å². The SMILES string of the molecule is O=C(Cc1csc(NC(=O)c2ccccc2)n1)Nc1cc2c(cc1Br)OCCO2. The number of thiazole rings is 1. The summed E-state index contributed by atoms with van der Waals surface area (Å²) in [6.45, 7) is 0.969. The number of amides is 2. The molecule has 0 unspecified atom stereocenters. The highest BCUT2D eigenvalue weighted by molar-refractivity contribution is 9.10. The van der Waals surface area contributed by atoms with Crippen LogP contribution < -0.4 is 20.1 Å². The molecule has 0 bridgehead atoms. The number of fused-ring (bicyclic) bond motifs is 1. The first-order valence-corrected chi connectivity index (χ1v) is 10.5. The van der Waals surface area contributed by atoms with Gasteiger partial charge in [0.05, 0.1) is 17.8 Å². The number of hydrogen-bond acceptors (Lipinski definition) is 6. The van der Waals surface area contributed by atoms with E-state index >= 15 is 0 Å². The van der Waals surface area contributed by atoms with Gasteiger partial charge < -0.3 is 14.8 Å². The van der Waals surface area contributed by atoms with Gasteiger partial charge in [0.15, 0.2) is 16.6 Å². The Labute approximate surface area is 179 Å². The number of nitrogens with zero attached hydrogens (tertiary/aromatic N) is 1. The standard InChI is InChI=1S/C20H16BrN3O4S/c21-14-9-16-17(28-7-6-27-16)10-15(14)23-18(25)8-13-11-29-20(22-13)24-19(26)12-4-2-1-3-5-12/h1-5,9-11H,6-8H2,(H,23,25)(H,22,24,26). The van der Waals surface area contributed by atoms with E-state index < -0.39 is 0 Å². The minimum absolute atomic E-state index is 0.0819. The van der Waals surface area contributed by atoms with Crippen molar-refractivity contribution in [2.45, 2.75) is 6.42 Å². The quantitative estimate of drug-likeness (QED) is 0.581. The Morgan fingerprint density at radius 2 is 1.79 bits per heavy atom. The molecule has 9 heteroatoms. The van der Waals surface area contributed by atoms with Gasteiger partial charge in [0.2, 0.25) is 5.91 Å². The molecule has 0 radical (unpaired) electrons. The normalized spacial score (nSPS) is 12.3. The summed E-state index contributed by atoms with van der Waals surface area (Å²) in [4.78, 5) is 28.9. The van der Waals surface area contributed by atoms with Crippen molar-refractivity contribution in [2.75, 3.05) is 23.8 Å². The zero-order chi connectivity index (χ0) is 20.2. The predicted octanol–water partition coefficient (Wildman–Crippen LogP) is 4.11. The fraction of sp³-hybridized carbons (Fsp3) is 0.150. The summed E-state index contributed by atoms with van der Waals surface area (Å²) in [6, 6.07) is 12.4. The molecule has 4 rings (SSSR count). The predicted molar refractivity (Wildman–Crippen MR) is 114 cm³/mol. The summed E-state index contributed by atoms with van der Waals surface area (Å²) in [5.74, 6) is 0.763. The highest BCUT2D eigenvalue weighted by atomic mass is 79.9. The van der Waals surface area contributed by atoms with E-state index in [1.165, 1.54) is 11.3 Å². The minimum atomic E-state index is -0.240. The van der Waals surface area contributed by atoms with E-state index in [0.717, 1.165) is 0 Å². The monoisotopic (exact) mass is 473 g/mol. The maximum atomic E-state index is 12.4. The van der Waals surface area contributed by atoms with Crippen LogP contribution in [0.2, 0.25) is 0 Å². The van der Waals surface area contributed by atoms with Gasteiger partial charge in [-0.3, -0.25) is 14.9 Å². The summed E-state index contributed by atoms with van der Waals surface area (Å²) < 4.78 is 11.8. The van der Waals surface area contributed by atoms with E-state index in [4.69, 9.17) is 9.47 Å². The molecule has 2 heterocycles. The molecule has 1 aromatic heterocycles. The zero-order valence-corrected chi connectivity index (χ0v) is 17.5. The van der Waals surface area contributed by atoms with E-state index in [9.17, 15) is 9.59 Å². The van der Waals surface area contributed by atoms with Crippen LogP contribution in [0.4, 0.5) is 10.8 Å². The molecule has 7 nitrogen and oxygen atoms in total. The minimum Gasteiger partial charge on any atom is -0.486 e. The third kappa shape index (κ3) is 4.75. The van der Waals surface area contributed by atoms with Gasteiger partial charge in [-0.1, -0.05) is 18.2 Å². The number of nitrogens with one attached hydrogen (secondary N) is 2. The molecule has 1 aliphatic heterocycles. The van der Waals surface area contributed by atoms with Crippen molar-refractivity contribution >= 4 is 49.9 Å². The van der Waals surface area contributed by atoms with Crippen molar-refractivity contribution < 1.29 is 19.1 Å². The summed E-state index contributed by atoms with van der Waals surface area (Å²) in [6.07, 6.45) is 0.0819. The van der Waals surface area contributed by atoms with E-state index in [1.54, 1.807) is 41.8 Å². The van der Waals surface area contributed by atoms with Gasteiger partial charge in [-0.25, -0.2) is 4.98 Å². The van der Waals surface area contributed by atoms with Crippen molar-refractivity contribution in [3.05, 3.63) is 63.6 Å². The summed E-state index contributed by atoms with van der Waals surface area (Å²) >= 11 is 4.71. The lowest BCUT2D eigenvalue weighted by Gasteiger charge is -2.20. The van der Waals surface area contributed by atoms with Gasteiger partial charge in [-0.15, -0.1) is 11.3 Å². The summed E-state index contributed by atoms with van der Waals surface area (Å²) in [5.41, 5.74) is 1.71. The van der Waals surface area contributed by atoms with E-state index in [-0.39, 0.29) is 18.2 Å². The molecule has 0 aliphatic carbocycles. The van der Waals surface area contributed by atoms with Crippen LogP contribution in [0.25, 0.3) is 0 Å². The Bertz CT molecular complexity index is 1060. The molecule has 2 aromatic carbocycles. The molecule has 2 amide bonds. The highest BCUT2D eigenvalue weighted by Gasteiger charge is 2.17. The topological polar surface area (TPSA) is 89.6 Å². The second-order valence-electron chi connectivity index (χ2n) is 6.16. The molecule has 0 atom stereocenters. The number of carbonyl (C=O) groups is 2. The van der Waals surface area contributed by atoms with Crippen molar-refractivity contribution in [2.24, 2.45) is 0 Å². The lowest BCUT2D eigenvalue weighted by Crippen LogP contribution is -2.18. The number of anilines is 2. The molecule has 0 fully saturated rings. The molecule has 29 heavy (non-hydrogen) atoms. The van der Waals surface area contributed by atoms with Gasteiger partial charge in [0, 0.05) is 27.5 Å². The molecule has 0 spiro atoms. The lowest BCUT2D eigenvalue weighted by molar-refractivity contribution is -0.115. The Morgan fingerprint density at radius 3 is 2.55 bits per heavy atom. The van der Waals surface area contributed by atoms with Gasteiger partial charge in [0.1, 0.15) is 13.2 Å². The van der Waals surface area contributed by atoms with Crippen LogP contribution in [0.5, 0.6) is 11.5 Å². The Balaban J connectivity index is 1.38. The molecular formula is C20H16BrN3O4S. The van der Waals surface area contributed by atoms with E-state index in [2.05, 4.69) is 31.5 Å². The van der Waals surface area contributed by atoms with Crippen LogP contribution in [0.15, 0.2) is 52.3 Å². The third-order valence-corrected chi connectivity index (χ3v) is 5.52. The number of ether oxygens (including phenoxy) is 2. The summed E-state index contributed by atoms with van der Waals surface area (Å²) in [5, 5.41) is 7.78. The average Bonchev–Trinajstić information content (AvgIpc) is 3.15. The van der Waals surface area contributed by atoms with Crippen molar-refractivity contribution in [3.63, 3.8) is 0 Å². The molecule has 2 N–H and O–H groups in total. The van der Waals surface area contributed by atoms with Gasteiger partial charge >= 0.3 is 0 Å².